The molecule has 3 nitrogen and oxygen atoms in total. The zero-order valence-corrected chi connectivity index (χ0v) is 10.4. The number of pyridine rings is 1. The summed E-state index contributed by atoms with van der Waals surface area (Å²) in [6.45, 7) is 5.91. The van der Waals surface area contributed by atoms with Gasteiger partial charge in [0.05, 0.1) is 18.8 Å². The molecule has 0 saturated carbocycles. The van der Waals surface area contributed by atoms with Gasteiger partial charge >= 0.3 is 0 Å². The topological polar surface area (TPSA) is 25.4 Å². The van der Waals surface area contributed by atoms with Crippen molar-refractivity contribution < 1.29 is 4.74 Å². The van der Waals surface area contributed by atoms with Crippen LogP contribution in [0.15, 0.2) is 18.3 Å². The first-order valence-electron chi connectivity index (χ1n) is 5.60. The van der Waals surface area contributed by atoms with Crippen LogP contribution in [-0.2, 0) is 10.6 Å². The van der Waals surface area contributed by atoms with Crippen LogP contribution in [0.1, 0.15) is 19.4 Å². The number of anilines is 1. The van der Waals surface area contributed by atoms with Crippen molar-refractivity contribution in [1.29, 1.82) is 0 Å². The van der Waals surface area contributed by atoms with Crippen LogP contribution >= 0.6 is 11.6 Å². The molecule has 1 aliphatic heterocycles. The van der Waals surface area contributed by atoms with Gasteiger partial charge in [0, 0.05) is 18.6 Å². The van der Waals surface area contributed by atoms with Gasteiger partial charge in [-0.1, -0.05) is 6.07 Å². The molecule has 0 bridgehead atoms. The molecule has 0 spiro atoms. The Bertz CT molecular complexity index is 341. The maximum atomic E-state index is 5.74. The maximum absolute atomic E-state index is 5.74. The molecule has 0 radical (unpaired) electrons. The minimum absolute atomic E-state index is 0.269. The van der Waals surface area contributed by atoms with E-state index in [0.29, 0.717) is 11.9 Å². The molecule has 0 N–H and O–H groups in total. The molecule has 1 aromatic heterocycles. The van der Waals surface area contributed by atoms with Gasteiger partial charge in [0.15, 0.2) is 0 Å². The van der Waals surface area contributed by atoms with Crippen LogP contribution < -0.4 is 4.90 Å². The molecule has 1 aromatic rings. The van der Waals surface area contributed by atoms with Gasteiger partial charge in [0.2, 0.25) is 0 Å². The van der Waals surface area contributed by atoms with E-state index < -0.39 is 0 Å². The molecule has 1 aliphatic rings. The second-order valence-corrected chi connectivity index (χ2v) is 4.57. The molecule has 1 saturated heterocycles. The Hall–Kier alpha value is -0.800. The summed E-state index contributed by atoms with van der Waals surface area (Å²) in [5, 5.41) is 0. The van der Waals surface area contributed by atoms with Crippen LogP contribution in [0.5, 0.6) is 0 Å². The van der Waals surface area contributed by atoms with Crippen molar-refractivity contribution in [2.75, 3.05) is 18.1 Å². The van der Waals surface area contributed by atoms with E-state index in [9.17, 15) is 0 Å². The molecule has 4 heteroatoms. The molecule has 2 atom stereocenters. The highest BCUT2D eigenvalue weighted by Crippen LogP contribution is 2.19. The number of halogens is 1. The van der Waals surface area contributed by atoms with Crippen molar-refractivity contribution in [2.45, 2.75) is 31.9 Å². The summed E-state index contributed by atoms with van der Waals surface area (Å²) in [6.07, 6.45) is 2.11. The van der Waals surface area contributed by atoms with Crippen molar-refractivity contribution in [3.63, 3.8) is 0 Å². The monoisotopic (exact) mass is 240 g/mol. The summed E-state index contributed by atoms with van der Waals surface area (Å²) in [4.78, 5) is 6.73. The van der Waals surface area contributed by atoms with Gasteiger partial charge in [0.1, 0.15) is 5.82 Å². The van der Waals surface area contributed by atoms with E-state index in [0.717, 1.165) is 24.5 Å². The SMILES string of the molecule is CC1CN(c2ccc(CCl)cn2)C(C)CO1. The Morgan fingerprint density at radius 1 is 1.50 bits per heavy atom. The van der Waals surface area contributed by atoms with Gasteiger partial charge in [-0.3, -0.25) is 0 Å². The highest BCUT2D eigenvalue weighted by Gasteiger charge is 2.24. The normalized spacial score (nSPS) is 25.8. The summed E-state index contributed by atoms with van der Waals surface area (Å²) in [5.41, 5.74) is 1.05. The summed E-state index contributed by atoms with van der Waals surface area (Å²) < 4.78 is 5.60. The lowest BCUT2D eigenvalue weighted by Crippen LogP contribution is -2.47. The van der Waals surface area contributed by atoms with Crippen LogP contribution in [-0.4, -0.2) is 30.3 Å². The summed E-state index contributed by atoms with van der Waals surface area (Å²) in [7, 11) is 0. The number of hydrogen-bond donors (Lipinski definition) is 0. The standard InChI is InChI=1S/C12H17ClN2O/c1-9-8-16-10(2)7-15(9)12-4-3-11(5-13)6-14-12/h3-4,6,9-10H,5,7-8H2,1-2H3. The Balaban J connectivity index is 2.15. The second kappa shape index (κ2) is 5.02. The number of aromatic nitrogens is 1. The van der Waals surface area contributed by atoms with E-state index in [2.05, 4.69) is 23.7 Å². The van der Waals surface area contributed by atoms with E-state index in [1.54, 1.807) is 0 Å². The highest BCUT2D eigenvalue weighted by atomic mass is 35.5. The third-order valence-electron chi connectivity index (χ3n) is 2.87. The molecule has 1 fully saturated rings. The van der Waals surface area contributed by atoms with Gasteiger partial charge < -0.3 is 9.64 Å². The first kappa shape index (κ1) is 11.7. The fraction of sp³-hybridized carbons (Fsp3) is 0.583. The Labute approximate surface area is 101 Å². The van der Waals surface area contributed by atoms with Gasteiger partial charge in [-0.25, -0.2) is 4.98 Å². The van der Waals surface area contributed by atoms with Crippen LogP contribution in [0.2, 0.25) is 0 Å². The number of alkyl halides is 1. The number of morpholine rings is 1. The van der Waals surface area contributed by atoms with Gasteiger partial charge in [-0.2, -0.15) is 0 Å². The third-order valence-corrected chi connectivity index (χ3v) is 3.17. The Morgan fingerprint density at radius 3 is 2.94 bits per heavy atom. The van der Waals surface area contributed by atoms with Gasteiger partial charge in [-0.05, 0) is 25.5 Å². The molecule has 2 rings (SSSR count). The number of ether oxygens (including phenoxy) is 1. The minimum Gasteiger partial charge on any atom is -0.375 e. The first-order chi connectivity index (χ1) is 7.70. The molecule has 16 heavy (non-hydrogen) atoms. The zero-order valence-electron chi connectivity index (χ0n) is 9.69. The predicted molar refractivity (Wildman–Crippen MR) is 66.0 cm³/mol. The zero-order chi connectivity index (χ0) is 11.5. The largest absolute Gasteiger partial charge is 0.375 e. The third kappa shape index (κ3) is 2.47. The van der Waals surface area contributed by atoms with E-state index in [4.69, 9.17) is 16.3 Å². The highest BCUT2D eigenvalue weighted by molar-refractivity contribution is 6.17. The van der Waals surface area contributed by atoms with Crippen LogP contribution in [0.25, 0.3) is 0 Å². The van der Waals surface area contributed by atoms with Crippen molar-refractivity contribution in [2.24, 2.45) is 0 Å². The van der Waals surface area contributed by atoms with Crippen molar-refractivity contribution in [3.05, 3.63) is 23.9 Å². The van der Waals surface area contributed by atoms with E-state index in [1.165, 1.54) is 0 Å². The lowest BCUT2D eigenvalue weighted by Gasteiger charge is -2.37. The summed E-state index contributed by atoms with van der Waals surface area (Å²) in [6, 6.07) is 4.44. The van der Waals surface area contributed by atoms with Crippen LogP contribution in [0.4, 0.5) is 5.82 Å². The van der Waals surface area contributed by atoms with E-state index in [-0.39, 0.29) is 6.10 Å². The fourth-order valence-electron chi connectivity index (χ4n) is 1.89. The fourth-order valence-corrected chi connectivity index (χ4v) is 2.05. The Kier molecular flexibility index (Phi) is 3.66. The number of nitrogens with zero attached hydrogens (tertiary/aromatic N) is 2. The van der Waals surface area contributed by atoms with Gasteiger partial charge in [-0.15, -0.1) is 11.6 Å². The molecular formula is C12H17ClN2O. The molecule has 88 valence electrons. The molecule has 0 amide bonds. The number of hydrogen-bond acceptors (Lipinski definition) is 3. The lowest BCUT2D eigenvalue weighted by atomic mass is 10.2. The van der Waals surface area contributed by atoms with Crippen molar-refractivity contribution in [1.82, 2.24) is 4.98 Å². The molecule has 0 aromatic carbocycles. The Morgan fingerprint density at radius 2 is 2.31 bits per heavy atom. The number of rotatable bonds is 2. The smallest absolute Gasteiger partial charge is 0.128 e. The van der Waals surface area contributed by atoms with Gasteiger partial charge in [0.25, 0.3) is 0 Å². The van der Waals surface area contributed by atoms with E-state index in [1.807, 2.05) is 18.3 Å². The summed E-state index contributed by atoms with van der Waals surface area (Å²) in [5.74, 6) is 1.53. The quantitative estimate of drug-likeness (QED) is 0.743. The minimum atomic E-state index is 0.269. The van der Waals surface area contributed by atoms with Crippen molar-refractivity contribution in [3.8, 4) is 0 Å². The average Bonchev–Trinajstić information content (AvgIpc) is 2.32. The molecular weight excluding hydrogens is 224 g/mol. The maximum Gasteiger partial charge on any atom is 0.128 e. The summed E-state index contributed by atoms with van der Waals surface area (Å²) >= 11 is 5.74. The first-order valence-corrected chi connectivity index (χ1v) is 6.13. The average molecular weight is 241 g/mol. The van der Waals surface area contributed by atoms with Crippen LogP contribution in [0, 0.1) is 0 Å². The molecule has 2 heterocycles. The lowest BCUT2D eigenvalue weighted by molar-refractivity contribution is 0.0340. The molecule has 0 aliphatic carbocycles. The van der Waals surface area contributed by atoms with Crippen molar-refractivity contribution >= 4 is 17.4 Å². The van der Waals surface area contributed by atoms with Crippen LogP contribution in [0.3, 0.4) is 0 Å². The second-order valence-electron chi connectivity index (χ2n) is 4.30. The van der Waals surface area contributed by atoms with E-state index >= 15 is 0 Å². The molecule has 2 unspecified atom stereocenters. The predicted octanol–water partition coefficient (Wildman–Crippen LogP) is 2.43.